The third-order valence-electron chi connectivity index (χ3n) is 2.51. The van der Waals surface area contributed by atoms with E-state index in [2.05, 4.69) is 21.1 Å². The predicted molar refractivity (Wildman–Crippen MR) is 64.8 cm³/mol. The smallest absolute Gasteiger partial charge is 0.0739 e. The molecule has 1 heterocycles. The molecule has 80 valence electrons. The van der Waals surface area contributed by atoms with Crippen molar-refractivity contribution >= 4 is 16.6 Å². The number of aryl methyl sites for hydroxylation is 3. The average molecular weight is 212 g/mol. The van der Waals surface area contributed by atoms with Crippen LogP contribution in [0.3, 0.4) is 0 Å². The molecule has 0 amide bonds. The third kappa shape index (κ3) is 1.71. The number of rotatable bonds is 1. The zero-order valence-corrected chi connectivity index (χ0v) is 9.52. The number of pyridine rings is 1. The number of hydrogen-bond acceptors (Lipinski definition) is 2. The molecule has 0 aliphatic rings. The van der Waals surface area contributed by atoms with Crippen LogP contribution in [-0.2, 0) is 0 Å². The van der Waals surface area contributed by atoms with Crippen molar-refractivity contribution in [2.24, 2.45) is 5.11 Å². The maximum Gasteiger partial charge on any atom is 0.0739 e. The van der Waals surface area contributed by atoms with E-state index in [9.17, 15) is 0 Å². The highest BCUT2D eigenvalue weighted by Crippen LogP contribution is 2.29. The summed E-state index contributed by atoms with van der Waals surface area (Å²) in [5.74, 6) is 0. The van der Waals surface area contributed by atoms with E-state index in [0.717, 1.165) is 27.7 Å². The monoisotopic (exact) mass is 212 g/mol. The Morgan fingerprint density at radius 3 is 2.62 bits per heavy atom. The molecule has 0 atom stereocenters. The lowest BCUT2D eigenvalue weighted by Gasteiger charge is -2.07. The highest BCUT2D eigenvalue weighted by molar-refractivity contribution is 5.92. The molecule has 0 bridgehead atoms. The zero-order valence-electron chi connectivity index (χ0n) is 9.52. The highest BCUT2D eigenvalue weighted by Gasteiger charge is 2.05. The van der Waals surface area contributed by atoms with Gasteiger partial charge in [-0.3, -0.25) is 4.98 Å². The number of fused-ring (bicyclic) bond motifs is 1. The van der Waals surface area contributed by atoms with Crippen LogP contribution in [0.25, 0.3) is 21.3 Å². The summed E-state index contributed by atoms with van der Waals surface area (Å²) in [4.78, 5) is 7.33. The van der Waals surface area contributed by atoms with Crippen molar-refractivity contribution in [1.82, 2.24) is 4.98 Å². The van der Waals surface area contributed by atoms with Gasteiger partial charge in [0.05, 0.1) is 5.52 Å². The molecule has 0 unspecified atom stereocenters. The first-order valence-electron chi connectivity index (χ1n) is 5.05. The largest absolute Gasteiger partial charge is 0.253 e. The van der Waals surface area contributed by atoms with E-state index in [4.69, 9.17) is 5.53 Å². The molecule has 2 rings (SSSR count). The van der Waals surface area contributed by atoms with Crippen LogP contribution in [0.15, 0.2) is 23.3 Å². The first kappa shape index (κ1) is 10.5. The van der Waals surface area contributed by atoms with Crippen LogP contribution in [-0.4, -0.2) is 4.98 Å². The normalized spacial score (nSPS) is 10.2. The number of benzene rings is 1. The summed E-state index contributed by atoms with van der Waals surface area (Å²) in [5, 5.41) is 4.64. The van der Waals surface area contributed by atoms with Crippen molar-refractivity contribution < 1.29 is 0 Å². The van der Waals surface area contributed by atoms with Gasteiger partial charge in [0, 0.05) is 21.7 Å². The Labute approximate surface area is 93.6 Å². The highest BCUT2D eigenvalue weighted by atomic mass is 15.1. The van der Waals surface area contributed by atoms with E-state index in [1.807, 2.05) is 26.8 Å². The minimum atomic E-state index is 0.650. The molecule has 4 nitrogen and oxygen atoms in total. The molecule has 2 aromatic rings. The Morgan fingerprint density at radius 1 is 1.19 bits per heavy atom. The summed E-state index contributed by atoms with van der Waals surface area (Å²) < 4.78 is 0. The van der Waals surface area contributed by atoms with Gasteiger partial charge in [-0.2, -0.15) is 0 Å². The second kappa shape index (κ2) is 3.83. The molecule has 4 heteroatoms. The van der Waals surface area contributed by atoms with E-state index >= 15 is 0 Å². The van der Waals surface area contributed by atoms with Gasteiger partial charge in [-0.05, 0) is 44.0 Å². The van der Waals surface area contributed by atoms with Crippen LogP contribution in [0.1, 0.15) is 16.8 Å². The zero-order chi connectivity index (χ0) is 11.7. The minimum absolute atomic E-state index is 0.650. The van der Waals surface area contributed by atoms with Gasteiger partial charge >= 0.3 is 0 Å². The minimum Gasteiger partial charge on any atom is -0.253 e. The molecule has 0 radical (unpaired) electrons. The summed E-state index contributed by atoms with van der Waals surface area (Å²) in [6, 6.07) is 5.88. The number of nitrogens with zero attached hydrogens (tertiary/aromatic N) is 4. The van der Waals surface area contributed by atoms with Crippen LogP contribution < -0.4 is 0 Å². The molecule has 0 saturated heterocycles. The van der Waals surface area contributed by atoms with Crippen LogP contribution in [0, 0.1) is 20.8 Å². The van der Waals surface area contributed by atoms with E-state index in [-0.39, 0.29) is 0 Å². The lowest BCUT2D eigenvalue weighted by atomic mass is 10.1. The molecule has 1 aromatic heterocycles. The second-order valence-corrected chi connectivity index (χ2v) is 3.95. The fourth-order valence-electron chi connectivity index (χ4n) is 1.92. The average Bonchev–Trinajstić information content (AvgIpc) is 2.20. The van der Waals surface area contributed by atoms with Crippen LogP contribution in [0.5, 0.6) is 0 Å². The fourth-order valence-corrected chi connectivity index (χ4v) is 1.92. The van der Waals surface area contributed by atoms with E-state index < -0.39 is 0 Å². The SMILES string of the molecule is Cc1cc(C)c2nc(C)cc(N=[N+]=[N-])c2c1. The summed E-state index contributed by atoms with van der Waals surface area (Å²) in [7, 11) is 0. The predicted octanol–water partition coefficient (Wildman–Crippen LogP) is 4.10. The molecule has 0 saturated carbocycles. The Morgan fingerprint density at radius 2 is 1.94 bits per heavy atom. The van der Waals surface area contributed by atoms with E-state index in [0.29, 0.717) is 5.69 Å². The maximum absolute atomic E-state index is 8.55. The van der Waals surface area contributed by atoms with Crippen molar-refractivity contribution in [3.05, 3.63) is 45.5 Å². The van der Waals surface area contributed by atoms with Gasteiger partial charge in [0.2, 0.25) is 0 Å². The third-order valence-corrected chi connectivity index (χ3v) is 2.51. The van der Waals surface area contributed by atoms with E-state index in [1.54, 1.807) is 6.07 Å². The van der Waals surface area contributed by atoms with Gasteiger partial charge in [0.25, 0.3) is 0 Å². The Bertz CT molecular complexity index is 610. The molecule has 1 aromatic carbocycles. The van der Waals surface area contributed by atoms with Crippen LogP contribution >= 0.6 is 0 Å². The standard InChI is InChI=1S/C12H12N4/c1-7-4-8(2)12-10(5-7)11(15-16-13)6-9(3)14-12/h4-6H,1-3H3. The number of azide groups is 1. The van der Waals surface area contributed by atoms with E-state index in [1.165, 1.54) is 0 Å². The maximum atomic E-state index is 8.55. The molecule has 0 aliphatic carbocycles. The number of aromatic nitrogens is 1. The molecular formula is C12H12N4. The van der Waals surface area contributed by atoms with Crippen molar-refractivity contribution in [3.63, 3.8) is 0 Å². The fraction of sp³-hybridized carbons (Fsp3) is 0.250. The Kier molecular flexibility index (Phi) is 2.50. The lowest BCUT2D eigenvalue weighted by Crippen LogP contribution is -1.88. The first-order chi connectivity index (χ1) is 7.61. The van der Waals surface area contributed by atoms with Crippen molar-refractivity contribution in [1.29, 1.82) is 0 Å². The quantitative estimate of drug-likeness (QED) is 0.398. The van der Waals surface area contributed by atoms with Gasteiger partial charge in [-0.1, -0.05) is 16.7 Å². The van der Waals surface area contributed by atoms with Crippen LogP contribution in [0.2, 0.25) is 0 Å². The second-order valence-electron chi connectivity index (χ2n) is 3.95. The van der Waals surface area contributed by atoms with Gasteiger partial charge in [-0.25, -0.2) is 0 Å². The molecule has 16 heavy (non-hydrogen) atoms. The molecule has 0 N–H and O–H groups in total. The van der Waals surface area contributed by atoms with Crippen molar-refractivity contribution in [2.75, 3.05) is 0 Å². The van der Waals surface area contributed by atoms with Crippen molar-refractivity contribution in [3.8, 4) is 0 Å². The Hall–Kier alpha value is -2.06. The lowest BCUT2D eigenvalue weighted by molar-refractivity contribution is 1.23. The van der Waals surface area contributed by atoms with Gasteiger partial charge in [-0.15, -0.1) is 0 Å². The van der Waals surface area contributed by atoms with Gasteiger partial charge in [0.1, 0.15) is 0 Å². The Balaban J connectivity index is 2.94. The summed E-state index contributed by atoms with van der Waals surface area (Å²) >= 11 is 0. The topological polar surface area (TPSA) is 61.7 Å². The number of hydrogen-bond donors (Lipinski definition) is 0. The van der Waals surface area contributed by atoms with Crippen LogP contribution in [0.4, 0.5) is 5.69 Å². The van der Waals surface area contributed by atoms with Gasteiger partial charge < -0.3 is 0 Å². The molecule has 0 spiro atoms. The summed E-state index contributed by atoms with van der Waals surface area (Å²) in [6.07, 6.45) is 0. The molecule has 0 aliphatic heterocycles. The summed E-state index contributed by atoms with van der Waals surface area (Å²) in [6.45, 7) is 5.93. The molecular weight excluding hydrogens is 200 g/mol. The van der Waals surface area contributed by atoms with Gasteiger partial charge in [0.15, 0.2) is 0 Å². The first-order valence-corrected chi connectivity index (χ1v) is 5.05. The molecule has 0 fully saturated rings. The summed E-state index contributed by atoms with van der Waals surface area (Å²) in [5.41, 5.74) is 13.2. The van der Waals surface area contributed by atoms with Crippen molar-refractivity contribution in [2.45, 2.75) is 20.8 Å².